The number of nitrogens with one attached hydrogen (secondary N) is 2. The van der Waals surface area contributed by atoms with Gasteiger partial charge in [0.2, 0.25) is 0 Å². The number of nitrogens with zero attached hydrogens (tertiary/aromatic N) is 1. The molecule has 1 aromatic rings. The Morgan fingerprint density at radius 3 is 2.44 bits per heavy atom. The molecule has 18 heavy (non-hydrogen) atoms. The van der Waals surface area contributed by atoms with Crippen molar-refractivity contribution < 1.29 is 14.7 Å². The minimum Gasteiger partial charge on any atom is -0.481 e. The van der Waals surface area contributed by atoms with Crippen molar-refractivity contribution in [3.05, 3.63) is 10.6 Å². The summed E-state index contributed by atoms with van der Waals surface area (Å²) in [5.74, 6) is -0.957. The van der Waals surface area contributed by atoms with Crippen molar-refractivity contribution in [1.29, 1.82) is 0 Å². The number of anilines is 1. The lowest BCUT2D eigenvalue weighted by Gasteiger charge is -2.23. The Kier molecular flexibility index (Phi) is 4.28. The van der Waals surface area contributed by atoms with Crippen molar-refractivity contribution in [2.75, 3.05) is 5.32 Å². The molecule has 0 aliphatic rings. The molecule has 0 aliphatic heterocycles. The van der Waals surface area contributed by atoms with E-state index in [-0.39, 0.29) is 6.42 Å². The zero-order valence-electron chi connectivity index (χ0n) is 10.8. The van der Waals surface area contributed by atoms with E-state index < -0.39 is 17.5 Å². The van der Waals surface area contributed by atoms with Gasteiger partial charge >= 0.3 is 12.0 Å². The summed E-state index contributed by atoms with van der Waals surface area (Å²) < 4.78 is 0. The Labute approximate surface area is 109 Å². The summed E-state index contributed by atoms with van der Waals surface area (Å²) in [6, 6.07) is -0.449. The van der Waals surface area contributed by atoms with Gasteiger partial charge in [0.05, 0.1) is 12.1 Å². The molecule has 0 spiro atoms. The van der Waals surface area contributed by atoms with Crippen LogP contribution in [0.5, 0.6) is 0 Å². The van der Waals surface area contributed by atoms with Crippen molar-refractivity contribution in [1.82, 2.24) is 10.3 Å². The largest absolute Gasteiger partial charge is 0.481 e. The number of hydrogen-bond donors (Lipinski definition) is 3. The van der Waals surface area contributed by atoms with Gasteiger partial charge in [0.15, 0.2) is 5.13 Å². The molecule has 2 amide bonds. The van der Waals surface area contributed by atoms with Crippen molar-refractivity contribution in [2.45, 2.75) is 39.7 Å². The van der Waals surface area contributed by atoms with Gasteiger partial charge in [-0.05, 0) is 27.7 Å². The Bertz CT molecular complexity index is 449. The third-order valence-corrected chi connectivity index (χ3v) is 3.28. The van der Waals surface area contributed by atoms with E-state index in [1.54, 1.807) is 13.8 Å². The summed E-state index contributed by atoms with van der Waals surface area (Å²) in [7, 11) is 0. The molecule has 0 atom stereocenters. The predicted molar refractivity (Wildman–Crippen MR) is 70.1 cm³/mol. The second kappa shape index (κ2) is 5.34. The maximum Gasteiger partial charge on any atom is 0.321 e. The van der Waals surface area contributed by atoms with E-state index in [4.69, 9.17) is 5.11 Å². The number of carbonyl (C=O) groups excluding carboxylic acids is 1. The van der Waals surface area contributed by atoms with Gasteiger partial charge in [0.1, 0.15) is 0 Å². The second-order valence-corrected chi connectivity index (χ2v) is 5.90. The molecule has 1 aromatic heterocycles. The number of amides is 2. The molecule has 0 fully saturated rings. The lowest BCUT2D eigenvalue weighted by atomic mass is 10.0. The molecule has 0 unspecified atom stereocenters. The molecule has 0 bridgehead atoms. The Balaban J connectivity index is 2.59. The van der Waals surface area contributed by atoms with Gasteiger partial charge < -0.3 is 10.4 Å². The molecule has 1 heterocycles. The highest BCUT2D eigenvalue weighted by Gasteiger charge is 2.24. The number of carboxylic acid groups (broad SMARTS) is 1. The summed E-state index contributed by atoms with van der Waals surface area (Å²) in [5.41, 5.74) is 0.0668. The normalized spacial score (nSPS) is 11.1. The fourth-order valence-corrected chi connectivity index (χ4v) is 2.19. The second-order valence-electron chi connectivity index (χ2n) is 4.69. The minimum atomic E-state index is -0.957. The molecule has 7 heteroatoms. The number of aromatic nitrogens is 1. The quantitative estimate of drug-likeness (QED) is 0.782. The Hall–Kier alpha value is -1.63. The number of rotatable bonds is 4. The number of carbonyl (C=O) groups is 2. The molecular weight excluding hydrogens is 254 g/mol. The van der Waals surface area contributed by atoms with E-state index in [0.717, 1.165) is 10.6 Å². The number of hydrogen-bond acceptors (Lipinski definition) is 4. The monoisotopic (exact) mass is 271 g/mol. The topological polar surface area (TPSA) is 91.3 Å². The number of thiazole rings is 1. The Morgan fingerprint density at radius 2 is 2.00 bits per heavy atom. The van der Waals surface area contributed by atoms with Crippen molar-refractivity contribution in [2.24, 2.45) is 0 Å². The maximum atomic E-state index is 11.7. The fraction of sp³-hybridized carbons (Fsp3) is 0.545. The van der Waals surface area contributed by atoms with E-state index in [0.29, 0.717) is 5.13 Å². The zero-order chi connectivity index (χ0) is 13.9. The molecule has 3 N–H and O–H groups in total. The summed E-state index contributed by atoms with van der Waals surface area (Å²) >= 11 is 1.38. The maximum absolute atomic E-state index is 11.7. The van der Waals surface area contributed by atoms with Gasteiger partial charge in [0.25, 0.3) is 0 Å². The molecular formula is C11H17N3O3S. The summed E-state index contributed by atoms with van der Waals surface area (Å²) in [6.45, 7) is 7.09. The van der Waals surface area contributed by atoms with Crippen LogP contribution >= 0.6 is 11.3 Å². The first-order valence-corrected chi connectivity index (χ1v) is 6.26. The molecule has 0 aliphatic carbocycles. The highest BCUT2D eigenvalue weighted by Crippen LogP contribution is 2.21. The highest BCUT2D eigenvalue weighted by atomic mass is 32.1. The summed E-state index contributed by atoms with van der Waals surface area (Å²) in [5, 5.41) is 14.4. The molecule has 6 nitrogen and oxygen atoms in total. The van der Waals surface area contributed by atoms with Gasteiger partial charge in [-0.3, -0.25) is 10.1 Å². The number of carboxylic acids is 1. The number of aryl methyl sites for hydroxylation is 2. The third kappa shape index (κ3) is 4.33. The van der Waals surface area contributed by atoms with Crippen LogP contribution < -0.4 is 10.6 Å². The minimum absolute atomic E-state index is 0.143. The van der Waals surface area contributed by atoms with Crippen LogP contribution in [-0.4, -0.2) is 27.6 Å². The van der Waals surface area contributed by atoms with E-state index in [9.17, 15) is 9.59 Å². The molecule has 1 rings (SSSR count). The van der Waals surface area contributed by atoms with Gasteiger partial charge in [-0.1, -0.05) is 0 Å². The van der Waals surface area contributed by atoms with Gasteiger partial charge in [-0.2, -0.15) is 0 Å². The summed E-state index contributed by atoms with van der Waals surface area (Å²) in [6.07, 6.45) is -0.143. The number of aliphatic carboxylic acids is 1. The van der Waals surface area contributed by atoms with E-state index >= 15 is 0 Å². The standard InChI is InChI=1S/C11H17N3O3S/c1-6-7(2)18-10(12-6)13-9(17)14-11(3,4)5-8(15)16/h5H2,1-4H3,(H,15,16)(H2,12,13,14,17). The molecule has 0 radical (unpaired) electrons. The fourth-order valence-electron chi connectivity index (χ4n) is 1.38. The van der Waals surface area contributed by atoms with E-state index in [1.165, 1.54) is 11.3 Å². The van der Waals surface area contributed by atoms with Gasteiger partial charge in [-0.15, -0.1) is 11.3 Å². The van der Waals surface area contributed by atoms with E-state index in [2.05, 4.69) is 15.6 Å². The van der Waals surface area contributed by atoms with Crippen LogP contribution in [0.1, 0.15) is 30.8 Å². The van der Waals surface area contributed by atoms with Crippen LogP contribution in [0.3, 0.4) is 0 Å². The lowest BCUT2D eigenvalue weighted by Crippen LogP contribution is -2.46. The smallest absolute Gasteiger partial charge is 0.321 e. The molecule has 0 saturated carbocycles. The zero-order valence-corrected chi connectivity index (χ0v) is 11.6. The van der Waals surface area contributed by atoms with Crippen LogP contribution in [0.25, 0.3) is 0 Å². The van der Waals surface area contributed by atoms with Crippen LogP contribution in [0.15, 0.2) is 0 Å². The van der Waals surface area contributed by atoms with Crippen LogP contribution in [0.4, 0.5) is 9.93 Å². The summed E-state index contributed by atoms with van der Waals surface area (Å²) in [4.78, 5) is 27.5. The average Bonchev–Trinajstić information content (AvgIpc) is 2.40. The first-order chi connectivity index (χ1) is 8.19. The molecule has 100 valence electrons. The average molecular weight is 271 g/mol. The molecule has 0 aromatic carbocycles. The van der Waals surface area contributed by atoms with Crippen LogP contribution in [0, 0.1) is 13.8 Å². The van der Waals surface area contributed by atoms with Crippen molar-refractivity contribution in [3.8, 4) is 0 Å². The van der Waals surface area contributed by atoms with E-state index in [1.807, 2.05) is 13.8 Å². The van der Waals surface area contributed by atoms with Gasteiger partial charge in [-0.25, -0.2) is 9.78 Å². The number of urea groups is 1. The predicted octanol–water partition coefficient (Wildman–Crippen LogP) is 2.13. The molecule has 0 saturated heterocycles. The first kappa shape index (κ1) is 14.4. The van der Waals surface area contributed by atoms with Crippen molar-refractivity contribution >= 4 is 28.5 Å². The van der Waals surface area contributed by atoms with Crippen LogP contribution in [0.2, 0.25) is 0 Å². The van der Waals surface area contributed by atoms with Crippen LogP contribution in [-0.2, 0) is 4.79 Å². The van der Waals surface area contributed by atoms with Gasteiger partial charge in [0, 0.05) is 10.4 Å². The first-order valence-electron chi connectivity index (χ1n) is 5.44. The lowest BCUT2D eigenvalue weighted by molar-refractivity contribution is -0.138. The van der Waals surface area contributed by atoms with Crippen molar-refractivity contribution in [3.63, 3.8) is 0 Å². The Morgan fingerprint density at radius 1 is 1.39 bits per heavy atom. The SMILES string of the molecule is Cc1nc(NC(=O)NC(C)(C)CC(=O)O)sc1C. The highest BCUT2D eigenvalue weighted by molar-refractivity contribution is 7.15. The third-order valence-electron chi connectivity index (χ3n) is 2.29.